The van der Waals surface area contributed by atoms with Crippen LogP contribution >= 0.6 is 0 Å². The fourth-order valence-corrected chi connectivity index (χ4v) is 6.45. The van der Waals surface area contributed by atoms with Crippen LogP contribution in [-0.2, 0) is 25.2 Å². The van der Waals surface area contributed by atoms with E-state index in [4.69, 9.17) is 15.6 Å². The molecule has 4 aromatic carbocycles. The zero-order valence-corrected chi connectivity index (χ0v) is 24.3. The lowest BCUT2D eigenvalue weighted by molar-refractivity contribution is -0.192. The highest BCUT2D eigenvalue weighted by Gasteiger charge is 2.49. The van der Waals surface area contributed by atoms with Crippen LogP contribution in [0.25, 0.3) is 22.0 Å². The molecular formula is C32H25F3N4O5S. The van der Waals surface area contributed by atoms with E-state index < -0.39 is 27.7 Å². The van der Waals surface area contributed by atoms with Crippen molar-refractivity contribution in [3.63, 3.8) is 0 Å². The number of carbonyl (C=O) groups is 2. The molecule has 3 N–H and O–H groups in total. The SMILES string of the molecule is CN1C(=O)C(c2ccccc2)(c2cccc(-c3cn(S(=O)(=O)c4ccccc4)c4ccccc34)c2)N=C1N.O=C(O)C(F)(F)F. The minimum absolute atomic E-state index is 0.134. The molecule has 0 radical (unpaired) electrons. The highest BCUT2D eigenvalue weighted by molar-refractivity contribution is 7.90. The molecular weight excluding hydrogens is 609 g/mol. The second kappa shape index (κ2) is 11.6. The third kappa shape index (κ3) is 5.53. The van der Waals surface area contributed by atoms with Crippen LogP contribution in [0.2, 0.25) is 0 Å². The normalized spacial score (nSPS) is 16.7. The van der Waals surface area contributed by atoms with Gasteiger partial charge in [-0.05, 0) is 41.0 Å². The Bertz CT molecular complexity index is 2050. The Morgan fingerprint density at radius 1 is 0.867 bits per heavy atom. The molecule has 1 atom stereocenters. The number of carboxylic acid groups (broad SMARTS) is 1. The molecule has 0 aliphatic carbocycles. The van der Waals surface area contributed by atoms with Crippen LogP contribution in [0.5, 0.6) is 0 Å². The standard InChI is InChI=1S/C30H24N4O3S.C2HF3O2/c1-33-28(35)30(32-29(33)31,22-12-4-2-5-13-22)23-14-10-11-21(19-23)26-20-34(27-18-9-8-17-25(26)27)38(36,37)24-15-6-3-7-16-24;3-2(4,5)1(6)7/h2-20H,1H3,(H2,31,32);(H,6,7). The lowest BCUT2D eigenvalue weighted by Crippen LogP contribution is -2.41. The van der Waals surface area contributed by atoms with Gasteiger partial charge >= 0.3 is 12.1 Å². The van der Waals surface area contributed by atoms with Crippen molar-refractivity contribution in [3.8, 4) is 11.1 Å². The van der Waals surface area contributed by atoms with E-state index in [0.717, 1.165) is 16.5 Å². The van der Waals surface area contributed by atoms with Gasteiger partial charge in [-0.3, -0.25) is 9.69 Å². The quantitative estimate of drug-likeness (QED) is 0.273. The molecule has 1 aliphatic rings. The van der Waals surface area contributed by atoms with Crippen LogP contribution in [0.15, 0.2) is 125 Å². The number of alkyl halides is 3. The van der Waals surface area contributed by atoms with Gasteiger partial charge in [-0.25, -0.2) is 22.2 Å². The number of aliphatic imine (C=N–C) groups is 1. The van der Waals surface area contributed by atoms with E-state index in [9.17, 15) is 26.4 Å². The Kier molecular flexibility index (Phi) is 7.98. The highest BCUT2D eigenvalue weighted by atomic mass is 32.2. The van der Waals surface area contributed by atoms with Crippen LogP contribution in [0, 0.1) is 0 Å². The van der Waals surface area contributed by atoms with Crippen molar-refractivity contribution < 1.29 is 36.3 Å². The summed E-state index contributed by atoms with van der Waals surface area (Å²) >= 11 is 0. The molecule has 13 heteroatoms. The summed E-state index contributed by atoms with van der Waals surface area (Å²) in [4.78, 5) is 28.8. The van der Waals surface area contributed by atoms with E-state index in [-0.39, 0.29) is 16.8 Å². The molecule has 0 fully saturated rings. The predicted octanol–water partition coefficient (Wildman–Crippen LogP) is 5.21. The first-order valence-electron chi connectivity index (χ1n) is 13.3. The summed E-state index contributed by atoms with van der Waals surface area (Å²) < 4.78 is 60.3. The van der Waals surface area contributed by atoms with Crippen molar-refractivity contribution >= 4 is 38.8 Å². The van der Waals surface area contributed by atoms with Gasteiger partial charge in [-0.15, -0.1) is 0 Å². The highest BCUT2D eigenvalue weighted by Crippen LogP contribution is 2.41. The molecule has 1 unspecified atom stereocenters. The number of rotatable bonds is 5. The summed E-state index contributed by atoms with van der Waals surface area (Å²) in [6, 6.07) is 32.5. The summed E-state index contributed by atoms with van der Waals surface area (Å²) in [5.74, 6) is -2.88. The number of guanidine groups is 1. The number of halogens is 3. The van der Waals surface area contributed by atoms with E-state index >= 15 is 0 Å². The molecule has 0 saturated heterocycles. The summed E-state index contributed by atoms with van der Waals surface area (Å²) in [5.41, 5.74) is 8.17. The van der Waals surface area contributed by atoms with E-state index in [1.165, 1.54) is 8.87 Å². The first kappa shape index (κ1) is 31.0. The first-order valence-corrected chi connectivity index (χ1v) is 14.7. The molecule has 1 amide bonds. The maximum atomic E-state index is 13.6. The number of hydrogen-bond acceptors (Lipinski definition) is 6. The molecule has 0 spiro atoms. The molecule has 2 heterocycles. The van der Waals surface area contributed by atoms with Crippen LogP contribution in [0.1, 0.15) is 11.1 Å². The number of aliphatic carboxylic acids is 1. The van der Waals surface area contributed by atoms with Crippen LogP contribution in [0.4, 0.5) is 13.2 Å². The second-order valence-electron chi connectivity index (χ2n) is 9.97. The number of carbonyl (C=O) groups excluding carboxylic acids is 1. The number of fused-ring (bicyclic) bond motifs is 1. The molecule has 5 aromatic rings. The fourth-order valence-electron chi connectivity index (χ4n) is 5.06. The smallest absolute Gasteiger partial charge is 0.475 e. The largest absolute Gasteiger partial charge is 0.490 e. The Hall–Kier alpha value is -5.43. The third-order valence-corrected chi connectivity index (χ3v) is 8.93. The summed E-state index contributed by atoms with van der Waals surface area (Å²) in [6.07, 6.45) is -3.44. The molecule has 1 aromatic heterocycles. The number of nitrogens with two attached hydrogens (primary N) is 1. The van der Waals surface area contributed by atoms with Gasteiger partial charge in [0.2, 0.25) is 0 Å². The van der Waals surface area contributed by atoms with Crippen molar-refractivity contribution in [1.82, 2.24) is 8.87 Å². The van der Waals surface area contributed by atoms with Gasteiger partial charge in [0.05, 0.1) is 10.4 Å². The molecule has 0 bridgehead atoms. The van der Waals surface area contributed by atoms with Gasteiger partial charge in [0.1, 0.15) is 0 Å². The minimum Gasteiger partial charge on any atom is -0.475 e. The molecule has 1 aliphatic heterocycles. The predicted molar refractivity (Wildman–Crippen MR) is 162 cm³/mol. The van der Waals surface area contributed by atoms with Gasteiger partial charge in [-0.1, -0.05) is 84.9 Å². The minimum atomic E-state index is -5.08. The second-order valence-corrected chi connectivity index (χ2v) is 11.8. The Morgan fingerprint density at radius 2 is 1.42 bits per heavy atom. The first-order chi connectivity index (χ1) is 21.3. The average Bonchev–Trinajstić information content (AvgIpc) is 3.54. The molecule has 230 valence electrons. The molecule has 45 heavy (non-hydrogen) atoms. The van der Waals surface area contributed by atoms with Crippen molar-refractivity contribution in [2.75, 3.05) is 7.05 Å². The lowest BCUT2D eigenvalue weighted by Gasteiger charge is -2.26. The zero-order chi connectivity index (χ0) is 32.6. The Balaban J connectivity index is 0.000000515. The zero-order valence-electron chi connectivity index (χ0n) is 23.5. The van der Waals surface area contributed by atoms with Gasteiger partial charge < -0.3 is 10.8 Å². The topological polar surface area (TPSA) is 135 Å². The fraction of sp³-hybridized carbons (Fsp3) is 0.0938. The maximum absolute atomic E-state index is 13.6. The van der Waals surface area contributed by atoms with E-state index in [2.05, 4.69) is 4.99 Å². The number of amides is 1. The monoisotopic (exact) mass is 634 g/mol. The summed E-state index contributed by atoms with van der Waals surface area (Å²) in [5, 5.41) is 7.90. The number of likely N-dealkylation sites (N-methyl/N-ethyl adjacent to an activating group) is 1. The summed E-state index contributed by atoms with van der Waals surface area (Å²) in [7, 11) is -2.23. The Labute approximate surface area is 255 Å². The average molecular weight is 635 g/mol. The number of nitrogens with zero attached hydrogens (tertiary/aromatic N) is 3. The van der Waals surface area contributed by atoms with E-state index in [1.807, 2.05) is 72.8 Å². The number of benzene rings is 4. The lowest BCUT2D eigenvalue weighted by atomic mass is 9.82. The number of para-hydroxylation sites is 1. The summed E-state index contributed by atoms with van der Waals surface area (Å²) in [6.45, 7) is 0. The van der Waals surface area contributed by atoms with Gasteiger partial charge in [0.25, 0.3) is 15.9 Å². The van der Waals surface area contributed by atoms with Crippen molar-refractivity contribution in [2.45, 2.75) is 16.6 Å². The van der Waals surface area contributed by atoms with Crippen molar-refractivity contribution in [2.24, 2.45) is 10.7 Å². The van der Waals surface area contributed by atoms with Crippen LogP contribution in [0.3, 0.4) is 0 Å². The van der Waals surface area contributed by atoms with E-state index in [1.54, 1.807) is 49.6 Å². The van der Waals surface area contributed by atoms with Gasteiger partial charge in [0.15, 0.2) is 11.5 Å². The number of hydrogen-bond donors (Lipinski definition) is 2. The molecule has 9 nitrogen and oxygen atoms in total. The number of aromatic nitrogens is 1. The van der Waals surface area contributed by atoms with Gasteiger partial charge in [-0.2, -0.15) is 13.2 Å². The molecule has 6 rings (SSSR count). The van der Waals surface area contributed by atoms with Crippen molar-refractivity contribution in [1.29, 1.82) is 0 Å². The van der Waals surface area contributed by atoms with Crippen molar-refractivity contribution in [3.05, 3.63) is 127 Å². The van der Waals surface area contributed by atoms with Crippen LogP contribution in [-0.4, -0.2) is 53.5 Å². The third-order valence-electron chi connectivity index (χ3n) is 7.24. The Morgan fingerprint density at radius 3 is 2.00 bits per heavy atom. The number of carboxylic acids is 1. The van der Waals surface area contributed by atoms with E-state index in [0.29, 0.717) is 16.6 Å². The maximum Gasteiger partial charge on any atom is 0.490 e. The molecule has 0 saturated carbocycles. The van der Waals surface area contributed by atoms with Crippen LogP contribution < -0.4 is 5.73 Å². The van der Waals surface area contributed by atoms with Gasteiger partial charge in [0, 0.05) is 24.2 Å².